The van der Waals surface area contributed by atoms with Gasteiger partial charge < -0.3 is 9.32 Å². The molecule has 3 rings (SSSR count). The average Bonchev–Trinajstić information content (AvgIpc) is 3.21. The van der Waals surface area contributed by atoms with Gasteiger partial charge in [0.05, 0.1) is 17.2 Å². The highest BCUT2D eigenvalue weighted by molar-refractivity contribution is 7.89. The van der Waals surface area contributed by atoms with Gasteiger partial charge in [-0.3, -0.25) is 4.79 Å². The fraction of sp³-hybridized carbons (Fsp3) is 0.450. The van der Waals surface area contributed by atoms with Crippen LogP contribution in [0.4, 0.5) is 0 Å². The van der Waals surface area contributed by atoms with Crippen LogP contribution in [-0.2, 0) is 10.0 Å². The van der Waals surface area contributed by atoms with Crippen LogP contribution in [-0.4, -0.2) is 43.7 Å². The summed E-state index contributed by atoms with van der Waals surface area (Å²) in [5, 5.41) is 0. The van der Waals surface area contributed by atoms with Gasteiger partial charge in [-0.1, -0.05) is 6.92 Å². The zero-order valence-corrected chi connectivity index (χ0v) is 16.8. The molecule has 1 atom stereocenters. The van der Waals surface area contributed by atoms with Crippen LogP contribution >= 0.6 is 0 Å². The maximum atomic E-state index is 12.8. The molecule has 1 unspecified atom stereocenters. The zero-order chi connectivity index (χ0) is 19.6. The zero-order valence-electron chi connectivity index (χ0n) is 16.0. The molecule has 0 radical (unpaired) electrons. The first-order valence-corrected chi connectivity index (χ1v) is 10.7. The number of amides is 1. The lowest BCUT2D eigenvalue weighted by molar-refractivity contribution is 0.0726. The van der Waals surface area contributed by atoms with E-state index >= 15 is 0 Å². The van der Waals surface area contributed by atoms with Gasteiger partial charge >= 0.3 is 0 Å². The summed E-state index contributed by atoms with van der Waals surface area (Å²) in [6.07, 6.45) is 3.33. The Morgan fingerprint density at radius 3 is 2.37 bits per heavy atom. The Hall–Kier alpha value is -2.12. The van der Waals surface area contributed by atoms with E-state index in [-0.39, 0.29) is 16.8 Å². The number of hydrogen-bond donors (Lipinski definition) is 0. The largest absolute Gasteiger partial charge is 0.467 e. The van der Waals surface area contributed by atoms with E-state index in [0.29, 0.717) is 30.3 Å². The van der Waals surface area contributed by atoms with E-state index in [2.05, 4.69) is 6.92 Å². The van der Waals surface area contributed by atoms with E-state index in [9.17, 15) is 13.2 Å². The molecule has 1 fully saturated rings. The Balaban J connectivity index is 1.73. The van der Waals surface area contributed by atoms with Gasteiger partial charge in [-0.15, -0.1) is 0 Å². The second-order valence-electron chi connectivity index (χ2n) is 7.22. The van der Waals surface area contributed by atoms with Crippen LogP contribution in [0.1, 0.15) is 48.8 Å². The molecule has 0 N–H and O–H groups in total. The van der Waals surface area contributed by atoms with Crippen LogP contribution < -0.4 is 0 Å². The third-order valence-corrected chi connectivity index (χ3v) is 7.25. The van der Waals surface area contributed by atoms with Gasteiger partial charge in [0.2, 0.25) is 10.0 Å². The third kappa shape index (κ3) is 4.09. The smallest absolute Gasteiger partial charge is 0.254 e. The molecule has 1 aromatic carbocycles. The van der Waals surface area contributed by atoms with Crippen LogP contribution in [0.5, 0.6) is 0 Å². The minimum atomic E-state index is -3.51. The number of piperidine rings is 1. The van der Waals surface area contributed by atoms with E-state index in [1.54, 1.807) is 36.4 Å². The van der Waals surface area contributed by atoms with E-state index < -0.39 is 10.0 Å². The second kappa shape index (κ2) is 7.86. The first-order valence-electron chi connectivity index (χ1n) is 9.21. The predicted molar refractivity (Wildman–Crippen MR) is 103 cm³/mol. The highest BCUT2D eigenvalue weighted by Gasteiger charge is 2.28. The van der Waals surface area contributed by atoms with Crippen molar-refractivity contribution in [1.82, 2.24) is 9.21 Å². The van der Waals surface area contributed by atoms with Crippen LogP contribution in [0.25, 0.3) is 0 Å². The van der Waals surface area contributed by atoms with Crippen molar-refractivity contribution in [2.75, 3.05) is 20.1 Å². The van der Waals surface area contributed by atoms with Gasteiger partial charge in [0.1, 0.15) is 5.76 Å². The quantitative estimate of drug-likeness (QED) is 0.783. The van der Waals surface area contributed by atoms with E-state index in [0.717, 1.165) is 12.8 Å². The van der Waals surface area contributed by atoms with Crippen LogP contribution in [0.15, 0.2) is 52.0 Å². The predicted octanol–water partition coefficient (Wildman–Crippen LogP) is 3.53. The number of sulfonamides is 1. The lowest BCUT2D eigenvalue weighted by atomic mass is 10.0. The molecular formula is C20H26N2O4S. The normalized spacial score (nSPS) is 17.6. The van der Waals surface area contributed by atoms with Crippen molar-refractivity contribution in [1.29, 1.82) is 0 Å². The number of furan rings is 1. The molecule has 6 nitrogen and oxygen atoms in total. The molecule has 0 saturated carbocycles. The Morgan fingerprint density at radius 2 is 1.81 bits per heavy atom. The average molecular weight is 391 g/mol. The summed E-state index contributed by atoms with van der Waals surface area (Å²) in [4.78, 5) is 14.5. The Kier molecular flexibility index (Phi) is 5.72. The van der Waals surface area contributed by atoms with Crippen molar-refractivity contribution in [2.24, 2.45) is 5.92 Å². The van der Waals surface area contributed by atoms with E-state index in [4.69, 9.17) is 4.42 Å². The molecule has 27 heavy (non-hydrogen) atoms. The molecule has 0 aliphatic carbocycles. The number of hydrogen-bond acceptors (Lipinski definition) is 4. The summed E-state index contributed by atoms with van der Waals surface area (Å²) in [7, 11) is -1.80. The highest BCUT2D eigenvalue weighted by atomic mass is 32.2. The van der Waals surface area contributed by atoms with Gasteiger partial charge in [0, 0.05) is 25.7 Å². The Labute approximate surface area is 160 Å². The highest BCUT2D eigenvalue weighted by Crippen LogP contribution is 2.25. The molecule has 2 heterocycles. The molecule has 1 aliphatic heterocycles. The summed E-state index contributed by atoms with van der Waals surface area (Å²) in [6.45, 7) is 5.12. The van der Waals surface area contributed by atoms with Crippen molar-refractivity contribution in [3.8, 4) is 0 Å². The van der Waals surface area contributed by atoms with Crippen LogP contribution in [0.2, 0.25) is 0 Å². The van der Waals surface area contributed by atoms with Gasteiger partial charge in [0.25, 0.3) is 5.91 Å². The monoisotopic (exact) mass is 390 g/mol. The second-order valence-corrected chi connectivity index (χ2v) is 9.16. The first-order chi connectivity index (χ1) is 12.8. The van der Waals surface area contributed by atoms with Crippen molar-refractivity contribution < 1.29 is 17.6 Å². The van der Waals surface area contributed by atoms with E-state index in [1.165, 1.54) is 16.4 Å². The van der Waals surface area contributed by atoms with Crippen molar-refractivity contribution >= 4 is 15.9 Å². The fourth-order valence-electron chi connectivity index (χ4n) is 3.24. The molecular weight excluding hydrogens is 364 g/mol. The third-order valence-electron chi connectivity index (χ3n) is 5.34. The Bertz CT molecular complexity index is 867. The molecule has 7 heteroatoms. The number of carbonyl (C=O) groups is 1. The molecule has 2 aromatic rings. The van der Waals surface area contributed by atoms with Gasteiger partial charge in [0.15, 0.2) is 0 Å². The molecule has 1 saturated heterocycles. The lowest BCUT2D eigenvalue weighted by Gasteiger charge is -2.29. The van der Waals surface area contributed by atoms with Gasteiger partial charge in [-0.05, 0) is 62.1 Å². The van der Waals surface area contributed by atoms with E-state index in [1.807, 2.05) is 13.0 Å². The van der Waals surface area contributed by atoms with Crippen molar-refractivity contribution in [3.63, 3.8) is 0 Å². The molecule has 1 amide bonds. The van der Waals surface area contributed by atoms with Gasteiger partial charge in [-0.25, -0.2) is 8.42 Å². The molecule has 146 valence electrons. The molecule has 1 aliphatic rings. The first kappa shape index (κ1) is 19.6. The number of nitrogens with zero attached hydrogens (tertiary/aromatic N) is 2. The standard InChI is InChI=1S/C20H26N2O4S/c1-15-10-12-22(13-11-15)27(24,25)18-8-6-17(7-9-18)20(23)21(3)16(2)19-5-4-14-26-19/h4-9,14-16H,10-13H2,1-3H3. The fourth-order valence-corrected chi connectivity index (χ4v) is 4.71. The van der Waals surface area contributed by atoms with Crippen molar-refractivity contribution in [2.45, 2.75) is 37.6 Å². The SMILES string of the molecule is CC1CCN(S(=O)(=O)c2ccc(C(=O)N(C)C(C)c3ccco3)cc2)CC1. The van der Waals surface area contributed by atoms with Crippen LogP contribution in [0.3, 0.4) is 0 Å². The summed E-state index contributed by atoms with van der Waals surface area (Å²) in [5.41, 5.74) is 0.446. The minimum absolute atomic E-state index is 0.186. The Morgan fingerprint density at radius 1 is 1.19 bits per heavy atom. The topological polar surface area (TPSA) is 70.8 Å². The van der Waals surface area contributed by atoms with Gasteiger partial charge in [-0.2, -0.15) is 4.31 Å². The maximum Gasteiger partial charge on any atom is 0.254 e. The summed E-state index contributed by atoms with van der Waals surface area (Å²) < 4.78 is 32.5. The summed E-state index contributed by atoms with van der Waals surface area (Å²) >= 11 is 0. The number of carbonyl (C=O) groups excluding carboxylic acids is 1. The molecule has 1 aromatic heterocycles. The minimum Gasteiger partial charge on any atom is -0.467 e. The summed E-state index contributed by atoms with van der Waals surface area (Å²) in [5.74, 6) is 1.07. The lowest BCUT2D eigenvalue weighted by Crippen LogP contribution is -2.37. The van der Waals surface area contributed by atoms with Crippen molar-refractivity contribution in [3.05, 3.63) is 54.0 Å². The van der Waals surface area contributed by atoms with Crippen LogP contribution in [0, 0.1) is 5.92 Å². The molecule has 0 spiro atoms. The molecule has 0 bridgehead atoms. The maximum absolute atomic E-state index is 12.8. The number of rotatable bonds is 5. The summed E-state index contributed by atoms with van der Waals surface area (Å²) in [6, 6.07) is 9.58. The number of benzene rings is 1.